The van der Waals surface area contributed by atoms with Gasteiger partial charge in [0.1, 0.15) is 10.0 Å². The van der Waals surface area contributed by atoms with E-state index in [-0.39, 0.29) is 0 Å². The van der Waals surface area contributed by atoms with Crippen molar-refractivity contribution in [3.05, 3.63) is 10.0 Å². The summed E-state index contributed by atoms with van der Waals surface area (Å²) >= 11 is 1.68. The molecule has 2 heterocycles. The predicted octanol–water partition coefficient (Wildman–Crippen LogP) is 2.06. The highest BCUT2D eigenvalue weighted by Gasteiger charge is 2.35. The summed E-state index contributed by atoms with van der Waals surface area (Å²) in [4.78, 5) is 2.49. The second-order valence-electron chi connectivity index (χ2n) is 5.93. The molecule has 5 heteroatoms. The highest BCUT2D eigenvalue weighted by molar-refractivity contribution is 7.11. The van der Waals surface area contributed by atoms with E-state index in [1.807, 2.05) is 6.92 Å². The van der Waals surface area contributed by atoms with Crippen LogP contribution in [0.1, 0.15) is 36.7 Å². The smallest absolute Gasteiger partial charge is 0.131 e. The van der Waals surface area contributed by atoms with E-state index in [0.29, 0.717) is 11.5 Å². The molecule has 1 unspecified atom stereocenters. The second-order valence-corrected chi connectivity index (χ2v) is 7.20. The Bertz CT molecular complexity index is 388. The number of aromatic nitrogens is 2. The summed E-state index contributed by atoms with van der Waals surface area (Å²) < 4.78 is 0. The van der Waals surface area contributed by atoms with Crippen LogP contribution in [0.3, 0.4) is 0 Å². The fourth-order valence-corrected chi connectivity index (χ4v) is 3.54. The highest BCUT2D eigenvalue weighted by Crippen LogP contribution is 2.33. The van der Waals surface area contributed by atoms with E-state index in [1.165, 1.54) is 19.4 Å². The third-order valence-corrected chi connectivity index (χ3v) is 4.79. The Labute approximate surface area is 114 Å². The molecule has 0 saturated carbocycles. The third kappa shape index (κ3) is 3.28. The minimum Gasteiger partial charge on any atom is -0.309 e. The maximum absolute atomic E-state index is 4.15. The first-order valence-corrected chi connectivity index (χ1v) is 7.50. The van der Waals surface area contributed by atoms with Crippen molar-refractivity contribution in [2.24, 2.45) is 5.41 Å². The van der Waals surface area contributed by atoms with Gasteiger partial charge in [-0.1, -0.05) is 13.8 Å². The summed E-state index contributed by atoms with van der Waals surface area (Å²) in [5, 5.41) is 13.9. The molecule has 18 heavy (non-hydrogen) atoms. The van der Waals surface area contributed by atoms with Crippen molar-refractivity contribution in [2.45, 2.75) is 46.2 Å². The number of likely N-dealkylation sites (tertiary alicyclic amines) is 1. The molecule has 2 rings (SSSR count). The SMILES string of the molecule is Cc1nnc(CNCC2N(C)CCCC2(C)C)s1. The lowest BCUT2D eigenvalue weighted by molar-refractivity contribution is 0.0580. The Kier molecular flexibility index (Phi) is 4.35. The van der Waals surface area contributed by atoms with Gasteiger partial charge < -0.3 is 10.2 Å². The molecule has 1 atom stereocenters. The first kappa shape index (κ1) is 13.9. The molecule has 1 aromatic rings. The van der Waals surface area contributed by atoms with E-state index in [9.17, 15) is 0 Å². The molecule has 1 fully saturated rings. The third-order valence-electron chi connectivity index (χ3n) is 3.95. The standard InChI is InChI=1S/C13H24N4S/c1-10-15-16-12(18-10)9-14-8-11-13(2,3)6-5-7-17(11)4/h11,14H,5-9H2,1-4H3. The number of nitrogens with one attached hydrogen (secondary N) is 1. The van der Waals surface area contributed by atoms with Gasteiger partial charge in [0.15, 0.2) is 0 Å². The number of aryl methyl sites for hydroxylation is 1. The molecule has 0 spiro atoms. The van der Waals surface area contributed by atoms with Crippen LogP contribution in [-0.2, 0) is 6.54 Å². The largest absolute Gasteiger partial charge is 0.309 e. The van der Waals surface area contributed by atoms with Crippen molar-refractivity contribution in [1.29, 1.82) is 0 Å². The maximum Gasteiger partial charge on any atom is 0.131 e. The van der Waals surface area contributed by atoms with Crippen LogP contribution in [0.15, 0.2) is 0 Å². The van der Waals surface area contributed by atoms with Gasteiger partial charge in [-0.15, -0.1) is 21.5 Å². The molecule has 0 aliphatic carbocycles. The Morgan fingerprint density at radius 2 is 2.22 bits per heavy atom. The molecule has 1 aromatic heterocycles. The zero-order valence-electron chi connectivity index (χ0n) is 11.9. The zero-order chi connectivity index (χ0) is 13.2. The number of rotatable bonds is 4. The Morgan fingerprint density at radius 1 is 1.44 bits per heavy atom. The van der Waals surface area contributed by atoms with E-state index < -0.39 is 0 Å². The second kappa shape index (κ2) is 5.63. The lowest BCUT2D eigenvalue weighted by Gasteiger charge is -2.45. The molecule has 1 aliphatic rings. The summed E-state index contributed by atoms with van der Waals surface area (Å²) in [6, 6.07) is 0.611. The van der Waals surface area contributed by atoms with Gasteiger partial charge in [0.05, 0.1) is 0 Å². The summed E-state index contributed by atoms with van der Waals surface area (Å²) in [7, 11) is 2.24. The van der Waals surface area contributed by atoms with E-state index in [0.717, 1.165) is 23.1 Å². The first-order chi connectivity index (χ1) is 8.49. The monoisotopic (exact) mass is 268 g/mol. The van der Waals surface area contributed by atoms with Crippen molar-refractivity contribution in [1.82, 2.24) is 20.4 Å². The number of hydrogen-bond donors (Lipinski definition) is 1. The Hall–Kier alpha value is -0.520. The summed E-state index contributed by atoms with van der Waals surface area (Å²) in [5.41, 5.74) is 0.400. The molecule has 1 aliphatic heterocycles. The van der Waals surface area contributed by atoms with Crippen molar-refractivity contribution < 1.29 is 0 Å². The minimum absolute atomic E-state index is 0.400. The fourth-order valence-electron chi connectivity index (χ4n) is 2.86. The molecule has 0 radical (unpaired) electrons. The topological polar surface area (TPSA) is 41.1 Å². The lowest BCUT2D eigenvalue weighted by Crippen LogP contribution is -2.52. The minimum atomic E-state index is 0.400. The van der Waals surface area contributed by atoms with Gasteiger partial charge in [-0.25, -0.2) is 0 Å². The van der Waals surface area contributed by atoms with Gasteiger partial charge in [-0.05, 0) is 38.8 Å². The molecule has 0 bridgehead atoms. The first-order valence-electron chi connectivity index (χ1n) is 6.69. The molecule has 102 valence electrons. The van der Waals surface area contributed by atoms with Gasteiger partial charge in [0.25, 0.3) is 0 Å². The Morgan fingerprint density at radius 3 is 2.83 bits per heavy atom. The van der Waals surface area contributed by atoms with E-state index in [2.05, 4.69) is 41.3 Å². The van der Waals surface area contributed by atoms with Gasteiger partial charge in [-0.2, -0.15) is 0 Å². The van der Waals surface area contributed by atoms with Gasteiger partial charge in [0.2, 0.25) is 0 Å². The average Bonchev–Trinajstić information content (AvgIpc) is 2.68. The lowest BCUT2D eigenvalue weighted by atomic mass is 9.76. The van der Waals surface area contributed by atoms with Gasteiger partial charge >= 0.3 is 0 Å². The van der Waals surface area contributed by atoms with Gasteiger partial charge in [-0.3, -0.25) is 0 Å². The summed E-state index contributed by atoms with van der Waals surface area (Å²) in [5.74, 6) is 0. The van der Waals surface area contributed by atoms with Crippen molar-refractivity contribution in [2.75, 3.05) is 20.1 Å². The van der Waals surface area contributed by atoms with Crippen molar-refractivity contribution in [3.8, 4) is 0 Å². The van der Waals surface area contributed by atoms with Crippen LogP contribution < -0.4 is 5.32 Å². The molecule has 1 N–H and O–H groups in total. The summed E-state index contributed by atoms with van der Waals surface area (Å²) in [6.45, 7) is 9.84. The Balaban J connectivity index is 1.84. The van der Waals surface area contributed by atoms with E-state index in [1.54, 1.807) is 11.3 Å². The van der Waals surface area contributed by atoms with Crippen LogP contribution in [0.4, 0.5) is 0 Å². The van der Waals surface area contributed by atoms with E-state index in [4.69, 9.17) is 0 Å². The number of piperidine rings is 1. The van der Waals surface area contributed by atoms with Crippen LogP contribution in [0.25, 0.3) is 0 Å². The molecule has 0 amide bonds. The van der Waals surface area contributed by atoms with Crippen molar-refractivity contribution in [3.63, 3.8) is 0 Å². The van der Waals surface area contributed by atoms with Crippen LogP contribution in [0.2, 0.25) is 0 Å². The molecular formula is C13H24N4S. The molecule has 1 saturated heterocycles. The number of hydrogen-bond acceptors (Lipinski definition) is 5. The average molecular weight is 268 g/mol. The zero-order valence-corrected chi connectivity index (χ0v) is 12.7. The van der Waals surface area contributed by atoms with Crippen LogP contribution in [-0.4, -0.2) is 41.3 Å². The normalized spacial score (nSPS) is 24.3. The van der Waals surface area contributed by atoms with Crippen molar-refractivity contribution >= 4 is 11.3 Å². The molecule has 4 nitrogen and oxygen atoms in total. The van der Waals surface area contributed by atoms with Gasteiger partial charge in [0, 0.05) is 19.1 Å². The summed E-state index contributed by atoms with van der Waals surface area (Å²) in [6.07, 6.45) is 2.64. The number of likely N-dealkylation sites (N-methyl/N-ethyl adjacent to an activating group) is 1. The highest BCUT2D eigenvalue weighted by atomic mass is 32.1. The molecule has 0 aromatic carbocycles. The van der Waals surface area contributed by atoms with Crippen LogP contribution in [0.5, 0.6) is 0 Å². The van der Waals surface area contributed by atoms with Crippen LogP contribution >= 0.6 is 11.3 Å². The number of nitrogens with zero attached hydrogens (tertiary/aromatic N) is 3. The maximum atomic E-state index is 4.15. The van der Waals surface area contributed by atoms with Crippen LogP contribution in [0, 0.1) is 12.3 Å². The predicted molar refractivity (Wildman–Crippen MR) is 75.8 cm³/mol. The quantitative estimate of drug-likeness (QED) is 0.907. The fraction of sp³-hybridized carbons (Fsp3) is 0.846. The van der Waals surface area contributed by atoms with E-state index >= 15 is 0 Å². The molecular weight excluding hydrogens is 244 g/mol.